The van der Waals surface area contributed by atoms with Crippen molar-refractivity contribution in [3.63, 3.8) is 0 Å². The molecule has 2 amide bonds. The first-order chi connectivity index (χ1) is 21.7. The second kappa shape index (κ2) is 20.6. The van der Waals surface area contributed by atoms with Crippen molar-refractivity contribution < 1.29 is 33.8 Å². The minimum atomic E-state index is -1.02. The number of carbonyl (C=O) groups is 4. The number of hydrogen-bond acceptors (Lipinski definition) is 10. The molecule has 0 radical (unpaired) electrons. The van der Waals surface area contributed by atoms with E-state index in [0.717, 1.165) is 5.56 Å². The standard InChI is InChI=1S/C21H24N2O4S.C11H14N2O3S/c1-4-6-15-8-9-18(19(13-15)26-2)27-21(25)17(10-12-28-3)23-20(24)16-7-5-11-22-14-16;1-17-6-4-9(11(15)16)13-10(14)8-3-2-5-12-7-8/h4-5,7-9,11,13-14,17H,1,6,10,12H2,2-3H3,(H,23,24);2-3,5,7,9H,4,6H2,1H3,(H,13,14)(H,15,16). The number of carbonyl (C=O) groups excluding carboxylic acids is 3. The first-order valence-corrected chi connectivity index (χ1v) is 16.6. The number of pyridine rings is 2. The Morgan fingerprint density at radius 3 is 1.91 bits per heavy atom. The van der Waals surface area contributed by atoms with Gasteiger partial charge in [-0.3, -0.25) is 19.6 Å². The molecule has 2 unspecified atom stereocenters. The Balaban J connectivity index is 0.000000355. The van der Waals surface area contributed by atoms with Gasteiger partial charge in [-0.25, -0.2) is 9.59 Å². The number of amides is 2. The van der Waals surface area contributed by atoms with Crippen LogP contribution in [0.25, 0.3) is 0 Å². The van der Waals surface area contributed by atoms with Crippen LogP contribution < -0.4 is 20.1 Å². The Morgan fingerprint density at radius 2 is 1.44 bits per heavy atom. The van der Waals surface area contributed by atoms with E-state index in [4.69, 9.17) is 14.6 Å². The van der Waals surface area contributed by atoms with E-state index in [1.807, 2.05) is 18.6 Å². The Hall–Kier alpha value is -4.36. The molecule has 2 heterocycles. The highest BCUT2D eigenvalue weighted by atomic mass is 32.2. The van der Waals surface area contributed by atoms with Crippen molar-refractivity contribution in [3.8, 4) is 11.5 Å². The van der Waals surface area contributed by atoms with Gasteiger partial charge in [-0.15, -0.1) is 6.58 Å². The molecule has 240 valence electrons. The smallest absolute Gasteiger partial charge is 0.334 e. The zero-order valence-corrected chi connectivity index (χ0v) is 27.1. The molecular formula is C32H38N4O7S2. The highest BCUT2D eigenvalue weighted by Crippen LogP contribution is 2.29. The number of hydrogen-bond donors (Lipinski definition) is 3. The van der Waals surface area contributed by atoms with Gasteiger partial charge in [-0.05, 0) is 85.2 Å². The minimum Gasteiger partial charge on any atom is -0.493 e. The molecule has 3 rings (SSSR count). The van der Waals surface area contributed by atoms with Crippen LogP contribution in [0.4, 0.5) is 0 Å². The average Bonchev–Trinajstić information content (AvgIpc) is 3.06. The number of nitrogens with one attached hydrogen (secondary N) is 2. The van der Waals surface area contributed by atoms with Crippen molar-refractivity contribution in [2.24, 2.45) is 0 Å². The maximum atomic E-state index is 12.7. The van der Waals surface area contributed by atoms with Crippen LogP contribution in [0.5, 0.6) is 11.5 Å². The van der Waals surface area contributed by atoms with Crippen molar-refractivity contribution in [3.05, 3.63) is 96.6 Å². The molecule has 0 aliphatic heterocycles. The highest BCUT2D eigenvalue weighted by molar-refractivity contribution is 7.98. The van der Waals surface area contributed by atoms with Crippen LogP contribution in [0.1, 0.15) is 39.1 Å². The van der Waals surface area contributed by atoms with Crippen LogP contribution in [-0.4, -0.2) is 82.0 Å². The molecular weight excluding hydrogens is 617 g/mol. The number of benzene rings is 1. The maximum absolute atomic E-state index is 12.7. The largest absolute Gasteiger partial charge is 0.493 e. The quantitative estimate of drug-likeness (QED) is 0.115. The lowest BCUT2D eigenvalue weighted by Gasteiger charge is -2.18. The third-order valence-electron chi connectivity index (χ3n) is 6.08. The van der Waals surface area contributed by atoms with Crippen LogP contribution >= 0.6 is 23.5 Å². The number of allylic oxidation sites excluding steroid dienone is 1. The van der Waals surface area contributed by atoms with E-state index in [1.165, 1.54) is 19.5 Å². The molecule has 13 heteroatoms. The number of aliphatic carboxylic acids is 1. The van der Waals surface area contributed by atoms with Crippen molar-refractivity contribution in [2.45, 2.75) is 31.3 Å². The van der Waals surface area contributed by atoms with Crippen LogP contribution in [0.3, 0.4) is 0 Å². The third kappa shape index (κ3) is 13.0. The van der Waals surface area contributed by atoms with E-state index in [-0.39, 0.29) is 5.91 Å². The molecule has 0 aliphatic carbocycles. The summed E-state index contributed by atoms with van der Waals surface area (Å²) in [6, 6.07) is 10.2. The lowest BCUT2D eigenvalue weighted by atomic mass is 10.1. The Bertz CT molecular complexity index is 1390. The molecule has 45 heavy (non-hydrogen) atoms. The number of carboxylic acid groups (broad SMARTS) is 1. The summed E-state index contributed by atoms with van der Waals surface area (Å²) < 4.78 is 10.9. The molecule has 0 bridgehead atoms. The fourth-order valence-corrected chi connectivity index (χ4v) is 4.67. The summed E-state index contributed by atoms with van der Waals surface area (Å²) >= 11 is 3.13. The van der Waals surface area contributed by atoms with Gasteiger partial charge in [0.2, 0.25) is 0 Å². The van der Waals surface area contributed by atoms with Crippen LogP contribution in [0.15, 0.2) is 79.9 Å². The Kier molecular flexibility index (Phi) is 16.8. The lowest BCUT2D eigenvalue weighted by molar-refractivity contribution is -0.139. The highest BCUT2D eigenvalue weighted by Gasteiger charge is 2.24. The molecule has 0 saturated carbocycles. The zero-order chi connectivity index (χ0) is 33.0. The van der Waals surface area contributed by atoms with Gasteiger partial charge < -0.3 is 25.2 Å². The summed E-state index contributed by atoms with van der Waals surface area (Å²) in [5, 5.41) is 14.2. The number of esters is 1. The zero-order valence-electron chi connectivity index (χ0n) is 25.4. The van der Waals surface area contributed by atoms with E-state index in [2.05, 4.69) is 27.2 Å². The summed E-state index contributed by atoms with van der Waals surface area (Å²) in [7, 11) is 1.51. The number of nitrogens with zero attached hydrogens (tertiary/aromatic N) is 2. The minimum absolute atomic E-state index is 0.310. The Labute approximate surface area is 271 Å². The predicted molar refractivity (Wildman–Crippen MR) is 177 cm³/mol. The SMILES string of the molecule is C=CCc1ccc(OC(=O)C(CCSC)NC(=O)c2cccnc2)c(OC)c1.CSCCC(NC(=O)c1cccnc1)C(=O)O. The molecule has 1 aromatic carbocycles. The van der Waals surface area contributed by atoms with Gasteiger partial charge in [0.05, 0.1) is 18.2 Å². The maximum Gasteiger partial charge on any atom is 0.334 e. The number of aromatic nitrogens is 2. The van der Waals surface area contributed by atoms with Crippen LogP contribution in [0.2, 0.25) is 0 Å². The summed E-state index contributed by atoms with van der Waals surface area (Å²) in [4.78, 5) is 55.5. The summed E-state index contributed by atoms with van der Waals surface area (Å²) in [6.07, 6.45) is 13.1. The molecule has 3 N–H and O–H groups in total. The van der Waals surface area contributed by atoms with Gasteiger partial charge in [0.15, 0.2) is 11.5 Å². The van der Waals surface area contributed by atoms with Crippen molar-refractivity contribution in [1.29, 1.82) is 0 Å². The number of carboxylic acids is 1. The van der Waals surface area contributed by atoms with Gasteiger partial charge >= 0.3 is 11.9 Å². The Morgan fingerprint density at radius 1 is 0.889 bits per heavy atom. The molecule has 0 fully saturated rings. The third-order valence-corrected chi connectivity index (χ3v) is 7.37. The van der Waals surface area contributed by atoms with Gasteiger partial charge in [-0.1, -0.05) is 12.1 Å². The number of ether oxygens (including phenoxy) is 2. The summed E-state index contributed by atoms with van der Waals surface area (Å²) in [5.74, 6) is -0.194. The van der Waals surface area contributed by atoms with Crippen LogP contribution in [0, 0.1) is 0 Å². The molecule has 11 nitrogen and oxygen atoms in total. The fourth-order valence-electron chi connectivity index (χ4n) is 3.72. The van der Waals surface area contributed by atoms with Gasteiger partial charge in [0, 0.05) is 24.8 Å². The number of rotatable bonds is 16. The fraction of sp³-hybridized carbons (Fsp3) is 0.312. The molecule has 0 aliphatic rings. The first-order valence-electron chi connectivity index (χ1n) is 13.9. The molecule has 0 spiro atoms. The lowest BCUT2D eigenvalue weighted by Crippen LogP contribution is -2.43. The predicted octanol–water partition coefficient (Wildman–Crippen LogP) is 4.29. The normalized spacial score (nSPS) is 11.5. The number of methoxy groups -OCH3 is 1. The first kappa shape index (κ1) is 36.8. The molecule has 0 saturated heterocycles. The molecule has 3 aromatic rings. The molecule has 2 atom stereocenters. The monoisotopic (exact) mass is 654 g/mol. The van der Waals surface area contributed by atoms with Crippen LogP contribution in [-0.2, 0) is 16.0 Å². The van der Waals surface area contributed by atoms with Crippen molar-refractivity contribution in [1.82, 2.24) is 20.6 Å². The van der Waals surface area contributed by atoms with Gasteiger partial charge in [0.25, 0.3) is 11.8 Å². The van der Waals surface area contributed by atoms with E-state index in [9.17, 15) is 19.2 Å². The average molecular weight is 655 g/mol. The summed E-state index contributed by atoms with van der Waals surface area (Å²) in [6.45, 7) is 3.71. The van der Waals surface area contributed by atoms with Gasteiger partial charge in [0.1, 0.15) is 12.1 Å². The second-order valence-electron chi connectivity index (χ2n) is 9.34. The van der Waals surface area contributed by atoms with E-state index in [0.29, 0.717) is 53.4 Å². The molecule has 2 aromatic heterocycles. The van der Waals surface area contributed by atoms with Crippen molar-refractivity contribution in [2.75, 3.05) is 31.1 Å². The second-order valence-corrected chi connectivity index (χ2v) is 11.3. The topological polar surface area (TPSA) is 157 Å². The van der Waals surface area contributed by atoms with E-state index >= 15 is 0 Å². The van der Waals surface area contributed by atoms with Gasteiger partial charge in [-0.2, -0.15) is 23.5 Å². The van der Waals surface area contributed by atoms with E-state index in [1.54, 1.807) is 78.4 Å². The van der Waals surface area contributed by atoms with Crippen molar-refractivity contribution >= 4 is 47.3 Å². The number of thioether (sulfide) groups is 2. The summed E-state index contributed by atoms with van der Waals surface area (Å²) in [5.41, 5.74) is 1.74. The van der Waals surface area contributed by atoms with E-state index < -0.39 is 29.9 Å².